The highest BCUT2D eigenvalue weighted by Crippen LogP contribution is 2.25. The van der Waals surface area contributed by atoms with E-state index in [9.17, 15) is 4.79 Å². The first-order valence-corrected chi connectivity index (χ1v) is 7.21. The first-order valence-electron chi connectivity index (χ1n) is 7.21. The number of carboxylic acid groups (broad SMARTS) is 1. The van der Waals surface area contributed by atoms with Crippen molar-refractivity contribution in [2.45, 2.75) is 20.3 Å². The normalized spacial score (nSPS) is 11.1. The van der Waals surface area contributed by atoms with Gasteiger partial charge in [0, 0.05) is 30.1 Å². The fraction of sp³-hybridized carbons (Fsp3) is 0.294. The number of fused-ring (bicyclic) bond motifs is 1. The van der Waals surface area contributed by atoms with Gasteiger partial charge < -0.3 is 10.0 Å². The van der Waals surface area contributed by atoms with E-state index in [-0.39, 0.29) is 0 Å². The van der Waals surface area contributed by atoms with Crippen LogP contribution >= 0.6 is 0 Å². The van der Waals surface area contributed by atoms with Gasteiger partial charge in [0.1, 0.15) is 5.82 Å². The van der Waals surface area contributed by atoms with E-state index in [1.54, 1.807) is 6.08 Å². The number of benzene rings is 1. The summed E-state index contributed by atoms with van der Waals surface area (Å²) < 4.78 is 0. The molecular weight excluding hydrogens is 264 g/mol. The molecule has 110 valence electrons. The second-order valence-corrected chi connectivity index (χ2v) is 4.85. The summed E-state index contributed by atoms with van der Waals surface area (Å²) in [5.74, 6) is -0.108. The van der Waals surface area contributed by atoms with Crippen molar-refractivity contribution in [3.63, 3.8) is 0 Å². The minimum atomic E-state index is -0.951. The number of carbonyl (C=O) groups is 1. The molecule has 1 N–H and O–H groups in total. The van der Waals surface area contributed by atoms with Gasteiger partial charge in [-0.2, -0.15) is 0 Å². The van der Waals surface area contributed by atoms with Crippen LogP contribution in [0.2, 0.25) is 0 Å². The Balaban J connectivity index is 2.57. The summed E-state index contributed by atoms with van der Waals surface area (Å²) in [7, 11) is 0. The number of hydrogen-bond acceptors (Lipinski definition) is 3. The molecule has 1 aromatic carbocycles. The largest absolute Gasteiger partial charge is 0.478 e. The van der Waals surface area contributed by atoms with E-state index in [0.717, 1.165) is 47.9 Å². The molecule has 0 radical (unpaired) electrons. The molecule has 2 aromatic rings. The number of aliphatic carboxylic acids is 1. The maximum absolute atomic E-state index is 10.8. The number of hydrogen-bond donors (Lipinski definition) is 1. The zero-order chi connectivity index (χ0) is 15.2. The highest BCUT2D eigenvalue weighted by molar-refractivity contribution is 5.90. The van der Waals surface area contributed by atoms with E-state index < -0.39 is 5.97 Å². The minimum absolute atomic E-state index is 0.839. The maximum atomic E-state index is 10.8. The Kier molecular flexibility index (Phi) is 4.93. The Morgan fingerprint density at radius 3 is 2.76 bits per heavy atom. The van der Waals surface area contributed by atoms with Crippen molar-refractivity contribution < 1.29 is 9.90 Å². The van der Waals surface area contributed by atoms with Crippen LogP contribution in [0, 0.1) is 0 Å². The number of para-hydroxylation sites is 1. The first kappa shape index (κ1) is 15.0. The van der Waals surface area contributed by atoms with Crippen molar-refractivity contribution in [1.82, 2.24) is 4.98 Å². The monoisotopic (exact) mass is 284 g/mol. The van der Waals surface area contributed by atoms with Gasteiger partial charge in [0.15, 0.2) is 0 Å². The molecular formula is C17H20N2O2. The molecule has 0 aliphatic heterocycles. The molecule has 4 nitrogen and oxygen atoms in total. The molecule has 0 aliphatic carbocycles. The van der Waals surface area contributed by atoms with Gasteiger partial charge in [-0.15, -0.1) is 0 Å². The quantitative estimate of drug-likeness (QED) is 0.824. The molecule has 0 saturated carbocycles. The van der Waals surface area contributed by atoms with Gasteiger partial charge in [0.25, 0.3) is 0 Å². The van der Waals surface area contributed by atoms with Crippen molar-refractivity contribution in [3.8, 4) is 0 Å². The highest BCUT2D eigenvalue weighted by atomic mass is 16.4. The van der Waals surface area contributed by atoms with Crippen LogP contribution in [-0.4, -0.2) is 29.1 Å². The van der Waals surface area contributed by atoms with Crippen LogP contribution in [0.15, 0.2) is 36.4 Å². The summed E-state index contributed by atoms with van der Waals surface area (Å²) >= 11 is 0. The predicted molar refractivity (Wildman–Crippen MR) is 86.6 cm³/mol. The summed E-state index contributed by atoms with van der Waals surface area (Å²) in [6, 6.07) is 9.87. The Bertz CT molecular complexity index is 665. The lowest BCUT2D eigenvalue weighted by Crippen LogP contribution is -2.25. The smallest absolute Gasteiger partial charge is 0.328 e. The van der Waals surface area contributed by atoms with Crippen LogP contribution in [0.1, 0.15) is 25.8 Å². The average Bonchev–Trinajstić information content (AvgIpc) is 2.49. The molecule has 2 rings (SSSR count). The minimum Gasteiger partial charge on any atom is -0.478 e. The van der Waals surface area contributed by atoms with Crippen LogP contribution in [-0.2, 0) is 4.79 Å². The molecule has 0 bridgehead atoms. The molecule has 0 unspecified atom stereocenters. The van der Waals surface area contributed by atoms with Crippen LogP contribution in [0.25, 0.3) is 17.0 Å². The predicted octanol–water partition coefficient (Wildman–Crippen LogP) is 3.57. The lowest BCUT2D eigenvalue weighted by molar-refractivity contribution is -0.131. The Hall–Kier alpha value is -2.36. The third-order valence-corrected chi connectivity index (χ3v) is 3.31. The SMILES string of the molecule is CCCN(CC)c1nc2ccccc2cc1/C=C/C(=O)O. The highest BCUT2D eigenvalue weighted by Gasteiger charge is 2.11. The molecule has 1 aromatic heterocycles. The summed E-state index contributed by atoms with van der Waals surface area (Å²) in [4.78, 5) is 17.7. The number of anilines is 1. The van der Waals surface area contributed by atoms with Gasteiger partial charge in [-0.1, -0.05) is 25.1 Å². The van der Waals surface area contributed by atoms with Crippen LogP contribution in [0.5, 0.6) is 0 Å². The molecule has 1 heterocycles. The van der Waals surface area contributed by atoms with Crippen LogP contribution < -0.4 is 4.90 Å². The molecule has 0 amide bonds. The van der Waals surface area contributed by atoms with E-state index in [2.05, 4.69) is 18.7 Å². The summed E-state index contributed by atoms with van der Waals surface area (Å²) in [6.07, 6.45) is 3.80. The van der Waals surface area contributed by atoms with E-state index in [0.29, 0.717) is 0 Å². The third-order valence-electron chi connectivity index (χ3n) is 3.31. The second kappa shape index (κ2) is 6.88. The number of pyridine rings is 1. The molecule has 0 fully saturated rings. The molecule has 0 spiro atoms. The number of aromatic nitrogens is 1. The van der Waals surface area contributed by atoms with Gasteiger partial charge in [-0.3, -0.25) is 0 Å². The maximum Gasteiger partial charge on any atom is 0.328 e. The van der Waals surface area contributed by atoms with Crippen molar-refractivity contribution >= 4 is 28.8 Å². The number of nitrogens with zero attached hydrogens (tertiary/aromatic N) is 2. The Morgan fingerprint density at radius 2 is 2.10 bits per heavy atom. The van der Waals surface area contributed by atoms with E-state index in [4.69, 9.17) is 10.1 Å². The third kappa shape index (κ3) is 3.60. The van der Waals surface area contributed by atoms with Gasteiger partial charge in [-0.25, -0.2) is 9.78 Å². The average molecular weight is 284 g/mol. The molecule has 21 heavy (non-hydrogen) atoms. The first-order chi connectivity index (χ1) is 10.2. The van der Waals surface area contributed by atoms with Crippen molar-refractivity contribution in [2.24, 2.45) is 0 Å². The fourth-order valence-electron chi connectivity index (χ4n) is 2.34. The lowest BCUT2D eigenvalue weighted by Gasteiger charge is -2.23. The fourth-order valence-corrected chi connectivity index (χ4v) is 2.34. The zero-order valence-electron chi connectivity index (χ0n) is 12.4. The topological polar surface area (TPSA) is 53.4 Å². The summed E-state index contributed by atoms with van der Waals surface area (Å²) in [5.41, 5.74) is 1.76. The van der Waals surface area contributed by atoms with Gasteiger partial charge in [0.05, 0.1) is 5.52 Å². The standard InChI is InChI=1S/C17H20N2O2/c1-3-11-19(4-2)17-14(9-10-16(20)21)12-13-7-5-6-8-15(13)18-17/h5-10,12H,3-4,11H2,1-2H3,(H,20,21)/b10-9+. The van der Waals surface area contributed by atoms with E-state index in [1.165, 1.54) is 0 Å². The Morgan fingerprint density at radius 1 is 1.33 bits per heavy atom. The number of rotatable bonds is 6. The Labute approximate surface area is 124 Å². The summed E-state index contributed by atoms with van der Waals surface area (Å²) in [5, 5.41) is 9.87. The molecule has 0 saturated heterocycles. The van der Waals surface area contributed by atoms with Gasteiger partial charge >= 0.3 is 5.97 Å². The van der Waals surface area contributed by atoms with Crippen LogP contribution in [0.4, 0.5) is 5.82 Å². The zero-order valence-corrected chi connectivity index (χ0v) is 12.4. The molecule has 4 heteroatoms. The van der Waals surface area contributed by atoms with Gasteiger partial charge in [0.2, 0.25) is 0 Å². The van der Waals surface area contributed by atoms with Crippen molar-refractivity contribution in [1.29, 1.82) is 0 Å². The number of carboxylic acids is 1. The van der Waals surface area contributed by atoms with Crippen LogP contribution in [0.3, 0.4) is 0 Å². The molecule has 0 atom stereocenters. The van der Waals surface area contributed by atoms with E-state index in [1.807, 2.05) is 30.3 Å². The summed E-state index contributed by atoms with van der Waals surface area (Å²) in [6.45, 7) is 5.94. The van der Waals surface area contributed by atoms with Crippen molar-refractivity contribution in [2.75, 3.05) is 18.0 Å². The second-order valence-electron chi connectivity index (χ2n) is 4.85. The van der Waals surface area contributed by atoms with Gasteiger partial charge in [-0.05, 0) is 31.6 Å². The van der Waals surface area contributed by atoms with E-state index >= 15 is 0 Å². The van der Waals surface area contributed by atoms with Crippen molar-refractivity contribution in [3.05, 3.63) is 42.0 Å². The lowest BCUT2D eigenvalue weighted by atomic mass is 10.1. The molecule has 0 aliphatic rings.